The Balaban J connectivity index is 1.47. The Kier molecular flexibility index (Phi) is 7.20. The van der Waals surface area contributed by atoms with Gasteiger partial charge in [-0.25, -0.2) is 0 Å². The van der Waals surface area contributed by atoms with Crippen LogP contribution in [0.4, 0.5) is 0 Å². The van der Waals surface area contributed by atoms with Crippen molar-refractivity contribution in [3.8, 4) is 0 Å². The number of nitrogens with zero attached hydrogens (tertiary/aromatic N) is 1. The maximum absolute atomic E-state index is 5.62. The van der Waals surface area contributed by atoms with Crippen LogP contribution in [0, 0.1) is 11.8 Å². The fourth-order valence-electron chi connectivity index (χ4n) is 2.24. The van der Waals surface area contributed by atoms with Crippen LogP contribution in [-0.4, -0.2) is 38.8 Å². The molecular weight excluding hydrogens is 250 g/mol. The highest BCUT2D eigenvalue weighted by Gasteiger charge is 2.21. The third kappa shape index (κ3) is 7.73. The minimum absolute atomic E-state index is 0.848. The minimum Gasteiger partial charge on any atom is -0.381 e. The summed E-state index contributed by atoms with van der Waals surface area (Å²) in [6, 6.07) is 0. The van der Waals surface area contributed by atoms with Gasteiger partial charge >= 0.3 is 0 Å². The first-order valence-electron chi connectivity index (χ1n) is 8.48. The van der Waals surface area contributed by atoms with Gasteiger partial charge in [0.25, 0.3) is 0 Å². The van der Waals surface area contributed by atoms with Crippen LogP contribution in [0.15, 0.2) is 4.99 Å². The van der Waals surface area contributed by atoms with E-state index in [9.17, 15) is 0 Å². The Labute approximate surface area is 123 Å². The molecule has 2 fully saturated rings. The summed E-state index contributed by atoms with van der Waals surface area (Å²) >= 11 is 0. The van der Waals surface area contributed by atoms with Crippen molar-refractivity contribution in [3.05, 3.63) is 0 Å². The molecule has 2 rings (SSSR count). The molecule has 0 radical (unpaired) electrons. The molecule has 0 aromatic rings. The second-order valence-corrected chi connectivity index (χ2v) is 6.14. The van der Waals surface area contributed by atoms with E-state index in [2.05, 4.69) is 22.5 Å². The van der Waals surface area contributed by atoms with Gasteiger partial charge in [0, 0.05) is 32.8 Å². The minimum atomic E-state index is 0.848. The van der Waals surface area contributed by atoms with E-state index < -0.39 is 0 Å². The molecule has 20 heavy (non-hydrogen) atoms. The van der Waals surface area contributed by atoms with Gasteiger partial charge in [-0.3, -0.25) is 4.99 Å². The molecule has 0 saturated heterocycles. The number of aliphatic imine (C=N–C) groups is 1. The molecule has 2 aliphatic rings. The monoisotopic (exact) mass is 281 g/mol. The Morgan fingerprint density at radius 3 is 2.60 bits per heavy atom. The van der Waals surface area contributed by atoms with E-state index in [1.165, 1.54) is 38.5 Å². The van der Waals surface area contributed by atoms with Crippen molar-refractivity contribution in [2.24, 2.45) is 16.8 Å². The van der Waals surface area contributed by atoms with Crippen molar-refractivity contribution in [2.45, 2.75) is 51.9 Å². The molecule has 4 nitrogen and oxygen atoms in total. The first-order chi connectivity index (χ1) is 9.88. The smallest absolute Gasteiger partial charge is 0.191 e. The SMILES string of the molecule is CCNC(=NCCCOCC1CC1)NCCCC1CC1. The quantitative estimate of drug-likeness (QED) is 0.347. The first kappa shape index (κ1) is 15.6. The van der Waals surface area contributed by atoms with E-state index in [-0.39, 0.29) is 0 Å². The van der Waals surface area contributed by atoms with Crippen molar-refractivity contribution in [2.75, 3.05) is 32.8 Å². The summed E-state index contributed by atoms with van der Waals surface area (Å²) in [7, 11) is 0. The largest absolute Gasteiger partial charge is 0.381 e. The summed E-state index contributed by atoms with van der Waals surface area (Å²) in [5.74, 6) is 2.86. The normalized spacial score (nSPS) is 19.1. The number of nitrogens with one attached hydrogen (secondary N) is 2. The molecule has 0 unspecified atom stereocenters. The molecule has 116 valence electrons. The van der Waals surface area contributed by atoms with Crippen LogP contribution in [0.5, 0.6) is 0 Å². The van der Waals surface area contributed by atoms with Gasteiger partial charge in [0.05, 0.1) is 0 Å². The average molecular weight is 281 g/mol. The summed E-state index contributed by atoms with van der Waals surface area (Å²) in [6.45, 7) is 6.74. The van der Waals surface area contributed by atoms with Gasteiger partial charge in [0.1, 0.15) is 0 Å². The van der Waals surface area contributed by atoms with Crippen LogP contribution in [0.3, 0.4) is 0 Å². The first-order valence-corrected chi connectivity index (χ1v) is 8.48. The second kappa shape index (κ2) is 9.22. The van der Waals surface area contributed by atoms with Crippen molar-refractivity contribution in [1.29, 1.82) is 0 Å². The van der Waals surface area contributed by atoms with Crippen LogP contribution in [-0.2, 0) is 4.74 Å². The predicted molar refractivity (Wildman–Crippen MR) is 84.1 cm³/mol. The standard InChI is InChI=1S/C16H31N3O/c1-2-17-16(18-10-3-5-14-6-7-14)19-11-4-12-20-13-15-8-9-15/h14-15H,2-13H2,1H3,(H2,17,18,19). The molecule has 0 spiro atoms. The Morgan fingerprint density at radius 2 is 1.90 bits per heavy atom. The summed E-state index contributed by atoms with van der Waals surface area (Å²) < 4.78 is 5.62. The zero-order valence-corrected chi connectivity index (χ0v) is 13.0. The van der Waals surface area contributed by atoms with E-state index >= 15 is 0 Å². The lowest BCUT2D eigenvalue weighted by Gasteiger charge is -2.11. The number of guanidine groups is 1. The molecular formula is C16H31N3O. The van der Waals surface area contributed by atoms with Gasteiger partial charge in [-0.05, 0) is 50.9 Å². The number of rotatable bonds is 11. The van der Waals surface area contributed by atoms with Gasteiger partial charge in [0.15, 0.2) is 5.96 Å². The third-order valence-electron chi connectivity index (χ3n) is 3.89. The van der Waals surface area contributed by atoms with Gasteiger partial charge in [-0.15, -0.1) is 0 Å². The lowest BCUT2D eigenvalue weighted by atomic mass is 10.2. The van der Waals surface area contributed by atoms with Crippen LogP contribution in [0.1, 0.15) is 51.9 Å². The Hall–Kier alpha value is -0.770. The summed E-state index contributed by atoms with van der Waals surface area (Å²) in [6.07, 6.45) is 9.30. The molecule has 0 heterocycles. The zero-order valence-electron chi connectivity index (χ0n) is 13.0. The van der Waals surface area contributed by atoms with Crippen molar-refractivity contribution >= 4 is 5.96 Å². The van der Waals surface area contributed by atoms with Crippen LogP contribution in [0.25, 0.3) is 0 Å². The molecule has 0 aromatic heterocycles. The van der Waals surface area contributed by atoms with Crippen molar-refractivity contribution < 1.29 is 4.74 Å². The summed E-state index contributed by atoms with van der Waals surface area (Å²) in [5, 5.41) is 6.72. The van der Waals surface area contributed by atoms with Gasteiger partial charge in [-0.1, -0.05) is 12.8 Å². The van der Waals surface area contributed by atoms with E-state index in [4.69, 9.17) is 4.74 Å². The maximum Gasteiger partial charge on any atom is 0.191 e. The summed E-state index contributed by atoms with van der Waals surface area (Å²) in [5.41, 5.74) is 0. The lowest BCUT2D eigenvalue weighted by molar-refractivity contribution is 0.123. The highest BCUT2D eigenvalue weighted by Crippen LogP contribution is 2.33. The third-order valence-corrected chi connectivity index (χ3v) is 3.89. The lowest BCUT2D eigenvalue weighted by Crippen LogP contribution is -2.37. The molecule has 2 aliphatic carbocycles. The fourth-order valence-corrected chi connectivity index (χ4v) is 2.24. The number of hydrogen-bond acceptors (Lipinski definition) is 2. The van der Waals surface area contributed by atoms with Crippen molar-refractivity contribution in [1.82, 2.24) is 10.6 Å². The average Bonchev–Trinajstić information content (AvgIpc) is 3.33. The van der Waals surface area contributed by atoms with Gasteiger partial charge < -0.3 is 15.4 Å². The topological polar surface area (TPSA) is 45.7 Å². The molecule has 2 saturated carbocycles. The van der Waals surface area contributed by atoms with E-state index in [1.54, 1.807) is 0 Å². The maximum atomic E-state index is 5.62. The molecule has 0 bridgehead atoms. The highest BCUT2D eigenvalue weighted by atomic mass is 16.5. The Bertz CT molecular complexity index is 285. The summed E-state index contributed by atoms with van der Waals surface area (Å²) in [4.78, 5) is 4.59. The number of ether oxygens (including phenoxy) is 1. The van der Waals surface area contributed by atoms with E-state index in [1.807, 2.05) is 0 Å². The van der Waals surface area contributed by atoms with Crippen LogP contribution >= 0.6 is 0 Å². The van der Waals surface area contributed by atoms with E-state index in [0.29, 0.717) is 0 Å². The van der Waals surface area contributed by atoms with E-state index in [0.717, 1.165) is 57.1 Å². The van der Waals surface area contributed by atoms with Crippen LogP contribution in [0.2, 0.25) is 0 Å². The number of hydrogen-bond donors (Lipinski definition) is 2. The molecule has 0 aromatic carbocycles. The highest BCUT2D eigenvalue weighted by molar-refractivity contribution is 5.79. The zero-order chi connectivity index (χ0) is 14.0. The second-order valence-electron chi connectivity index (χ2n) is 6.14. The molecule has 0 aliphatic heterocycles. The predicted octanol–water partition coefficient (Wildman–Crippen LogP) is 2.55. The van der Waals surface area contributed by atoms with Crippen molar-refractivity contribution in [3.63, 3.8) is 0 Å². The van der Waals surface area contributed by atoms with Gasteiger partial charge in [0.2, 0.25) is 0 Å². The molecule has 4 heteroatoms. The molecule has 0 atom stereocenters. The van der Waals surface area contributed by atoms with Gasteiger partial charge in [-0.2, -0.15) is 0 Å². The van der Waals surface area contributed by atoms with Crippen LogP contribution < -0.4 is 10.6 Å². The fraction of sp³-hybridized carbons (Fsp3) is 0.938. The molecule has 0 amide bonds. The molecule has 2 N–H and O–H groups in total. The Morgan fingerprint density at radius 1 is 1.10 bits per heavy atom.